The van der Waals surface area contributed by atoms with Crippen molar-refractivity contribution in [3.8, 4) is 22.8 Å². The van der Waals surface area contributed by atoms with Gasteiger partial charge in [-0.2, -0.15) is 5.10 Å². The van der Waals surface area contributed by atoms with E-state index >= 15 is 0 Å². The molecule has 0 aliphatic carbocycles. The summed E-state index contributed by atoms with van der Waals surface area (Å²) in [5, 5.41) is 14.2. The quantitative estimate of drug-likeness (QED) is 0.438. The van der Waals surface area contributed by atoms with Crippen LogP contribution in [-0.4, -0.2) is 55.5 Å². The number of fused-ring (bicyclic) bond motifs is 1. The summed E-state index contributed by atoms with van der Waals surface area (Å²) in [6.45, 7) is 3.56. The van der Waals surface area contributed by atoms with E-state index in [0.717, 1.165) is 36.2 Å². The number of hydrogen-bond acceptors (Lipinski definition) is 6. The maximum atomic E-state index is 14.2. The number of hydrogen-bond donors (Lipinski definition) is 3. The van der Waals surface area contributed by atoms with Crippen molar-refractivity contribution in [2.45, 2.75) is 44.3 Å². The van der Waals surface area contributed by atoms with Gasteiger partial charge in [-0.1, -0.05) is 12.1 Å². The molecule has 3 N–H and O–H groups in total. The standard InChI is InChI=1S/C27H31F2N5O3/c1-15-10-17(27(35)31-18-8-9-30-14-18)4-6-19(15)21-13-25-32-20(12-22(26(28)29)34(25)33-21)16-5-7-23(36-2)24(11-16)37-3/h4-7,10-11,13,18,20,22,26,30,32H,8-9,12,14H2,1-3H3,(H,31,35)/t18-,20?,22?/m1/s1. The van der Waals surface area contributed by atoms with Gasteiger partial charge in [0, 0.05) is 29.8 Å². The molecule has 1 saturated heterocycles. The van der Waals surface area contributed by atoms with Gasteiger partial charge in [-0.25, -0.2) is 13.5 Å². The molecule has 2 unspecified atom stereocenters. The van der Waals surface area contributed by atoms with E-state index in [0.29, 0.717) is 28.6 Å². The number of carbonyl (C=O) groups is 1. The average Bonchev–Trinajstić information content (AvgIpc) is 3.57. The molecule has 0 spiro atoms. The molecule has 3 aromatic rings. The lowest BCUT2D eigenvalue weighted by Crippen LogP contribution is -2.36. The minimum absolute atomic E-state index is 0.121. The Morgan fingerprint density at radius 2 is 1.95 bits per heavy atom. The monoisotopic (exact) mass is 511 g/mol. The van der Waals surface area contributed by atoms with Crippen LogP contribution < -0.4 is 25.4 Å². The first-order valence-electron chi connectivity index (χ1n) is 12.4. The molecule has 0 saturated carbocycles. The van der Waals surface area contributed by atoms with Crippen LogP contribution in [0.4, 0.5) is 14.6 Å². The molecule has 10 heteroatoms. The largest absolute Gasteiger partial charge is 0.493 e. The normalized spacial score (nSPS) is 20.9. The molecule has 2 aliphatic heterocycles. The van der Waals surface area contributed by atoms with Crippen LogP contribution in [0.2, 0.25) is 0 Å². The molecule has 0 bridgehead atoms. The van der Waals surface area contributed by atoms with E-state index in [9.17, 15) is 13.6 Å². The Morgan fingerprint density at radius 3 is 2.62 bits per heavy atom. The minimum Gasteiger partial charge on any atom is -0.493 e. The smallest absolute Gasteiger partial charge is 0.260 e. The Hall–Kier alpha value is -3.66. The van der Waals surface area contributed by atoms with Crippen molar-refractivity contribution in [2.75, 3.05) is 32.6 Å². The molecule has 0 radical (unpaired) electrons. The first kappa shape index (κ1) is 25.0. The van der Waals surface area contributed by atoms with Gasteiger partial charge in [0.05, 0.1) is 26.0 Å². The molecule has 3 heterocycles. The molecular weight excluding hydrogens is 480 g/mol. The molecule has 37 heavy (non-hydrogen) atoms. The van der Waals surface area contributed by atoms with Gasteiger partial charge in [-0.15, -0.1) is 0 Å². The van der Waals surface area contributed by atoms with Crippen LogP contribution >= 0.6 is 0 Å². The Bertz CT molecular complexity index is 1290. The lowest BCUT2D eigenvalue weighted by atomic mass is 9.97. The fraction of sp³-hybridized carbons (Fsp3) is 0.407. The van der Waals surface area contributed by atoms with Crippen LogP contribution in [0.5, 0.6) is 11.5 Å². The number of nitrogens with one attached hydrogen (secondary N) is 3. The van der Waals surface area contributed by atoms with Crippen LogP contribution in [0.3, 0.4) is 0 Å². The predicted molar refractivity (Wildman–Crippen MR) is 137 cm³/mol. The zero-order valence-electron chi connectivity index (χ0n) is 21.1. The molecule has 1 aromatic heterocycles. The summed E-state index contributed by atoms with van der Waals surface area (Å²) in [6.07, 6.45) is -1.52. The van der Waals surface area contributed by atoms with Crippen molar-refractivity contribution < 1.29 is 23.0 Å². The van der Waals surface area contributed by atoms with Crippen molar-refractivity contribution in [2.24, 2.45) is 0 Å². The van der Waals surface area contributed by atoms with Gasteiger partial charge in [0.1, 0.15) is 11.9 Å². The number of nitrogens with zero attached hydrogens (tertiary/aromatic N) is 2. The zero-order chi connectivity index (χ0) is 26.1. The molecule has 196 valence electrons. The number of amides is 1. The van der Waals surface area contributed by atoms with E-state index in [1.165, 1.54) is 4.68 Å². The van der Waals surface area contributed by atoms with E-state index in [1.54, 1.807) is 32.4 Å². The topological polar surface area (TPSA) is 89.4 Å². The number of anilines is 1. The number of alkyl halides is 2. The Kier molecular flexibility index (Phi) is 7.01. The summed E-state index contributed by atoms with van der Waals surface area (Å²) in [4.78, 5) is 12.7. The summed E-state index contributed by atoms with van der Waals surface area (Å²) in [5.74, 6) is 1.51. The first-order valence-corrected chi connectivity index (χ1v) is 12.4. The number of ether oxygens (including phenoxy) is 2. The maximum absolute atomic E-state index is 14.2. The highest BCUT2D eigenvalue weighted by molar-refractivity contribution is 5.95. The molecule has 5 rings (SSSR count). The fourth-order valence-electron chi connectivity index (χ4n) is 5.10. The predicted octanol–water partition coefficient (Wildman–Crippen LogP) is 4.33. The van der Waals surface area contributed by atoms with Gasteiger partial charge < -0.3 is 25.4 Å². The third kappa shape index (κ3) is 4.98. The highest BCUT2D eigenvalue weighted by atomic mass is 19.3. The van der Waals surface area contributed by atoms with Crippen molar-refractivity contribution in [3.63, 3.8) is 0 Å². The number of aryl methyl sites for hydroxylation is 1. The number of aromatic nitrogens is 2. The van der Waals surface area contributed by atoms with Crippen LogP contribution in [0.15, 0.2) is 42.5 Å². The van der Waals surface area contributed by atoms with E-state index in [4.69, 9.17) is 9.47 Å². The highest BCUT2D eigenvalue weighted by Crippen LogP contribution is 2.41. The number of benzene rings is 2. The summed E-state index contributed by atoms with van der Waals surface area (Å²) < 4.78 is 40.4. The van der Waals surface area contributed by atoms with E-state index < -0.39 is 12.5 Å². The molecular formula is C27H31F2N5O3. The van der Waals surface area contributed by atoms with E-state index in [-0.39, 0.29) is 24.4 Å². The van der Waals surface area contributed by atoms with Gasteiger partial charge in [-0.3, -0.25) is 4.79 Å². The van der Waals surface area contributed by atoms with Gasteiger partial charge >= 0.3 is 0 Å². The average molecular weight is 512 g/mol. The van der Waals surface area contributed by atoms with Gasteiger partial charge in [0.15, 0.2) is 11.5 Å². The molecule has 8 nitrogen and oxygen atoms in total. The van der Waals surface area contributed by atoms with Gasteiger partial charge in [0.25, 0.3) is 12.3 Å². The van der Waals surface area contributed by atoms with Crippen molar-refractivity contribution in [1.29, 1.82) is 0 Å². The van der Waals surface area contributed by atoms with Crippen LogP contribution in [0, 0.1) is 6.92 Å². The number of carbonyl (C=O) groups excluding carboxylic acids is 1. The summed E-state index contributed by atoms with van der Waals surface area (Å²) in [7, 11) is 3.10. The van der Waals surface area contributed by atoms with E-state index in [1.807, 2.05) is 31.2 Å². The highest BCUT2D eigenvalue weighted by Gasteiger charge is 2.35. The maximum Gasteiger partial charge on any atom is 0.260 e. The van der Waals surface area contributed by atoms with Gasteiger partial charge in [-0.05, 0) is 61.7 Å². The van der Waals surface area contributed by atoms with Crippen molar-refractivity contribution in [3.05, 3.63) is 59.2 Å². The summed E-state index contributed by atoms with van der Waals surface area (Å²) >= 11 is 0. The number of rotatable bonds is 7. The summed E-state index contributed by atoms with van der Waals surface area (Å²) in [6, 6.07) is 11.3. The molecule has 2 aromatic carbocycles. The number of methoxy groups -OCH3 is 2. The SMILES string of the molecule is COc1ccc(C2CC(C(F)F)n3nc(-c4ccc(C(=O)N[C@@H]5CCNC5)cc4C)cc3N2)cc1OC. The minimum atomic E-state index is -2.59. The second-order valence-corrected chi connectivity index (χ2v) is 9.50. The van der Waals surface area contributed by atoms with Crippen LogP contribution in [0.25, 0.3) is 11.3 Å². The van der Waals surface area contributed by atoms with Crippen LogP contribution in [-0.2, 0) is 0 Å². The number of halogens is 2. The van der Waals surface area contributed by atoms with Crippen LogP contribution in [0.1, 0.15) is 46.4 Å². The molecule has 1 fully saturated rings. The Balaban J connectivity index is 1.41. The second-order valence-electron chi connectivity index (χ2n) is 9.50. The Labute approximate surface area is 214 Å². The molecule has 3 atom stereocenters. The van der Waals surface area contributed by atoms with Crippen molar-refractivity contribution >= 4 is 11.7 Å². The van der Waals surface area contributed by atoms with E-state index in [2.05, 4.69) is 21.0 Å². The zero-order valence-corrected chi connectivity index (χ0v) is 21.1. The molecule has 2 aliphatic rings. The third-order valence-electron chi connectivity index (χ3n) is 7.11. The molecule has 1 amide bonds. The Morgan fingerprint density at radius 1 is 1.14 bits per heavy atom. The fourth-order valence-corrected chi connectivity index (χ4v) is 5.10. The lowest BCUT2D eigenvalue weighted by molar-refractivity contribution is 0.0659. The summed E-state index contributed by atoms with van der Waals surface area (Å²) in [5.41, 5.74) is 3.59. The third-order valence-corrected chi connectivity index (χ3v) is 7.11. The lowest BCUT2D eigenvalue weighted by Gasteiger charge is -2.32. The van der Waals surface area contributed by atoms with Crippen molar-refractivity contribution in [1.82, 2.24) is 20.4 Å². The first-order chi connectivity index (χ1) is 17.9. The second kappa shape index (κ2) is 10.4. The van der Waals surface area contributed by atoms with Gasteiger partial charge in [0.2, 0.25) is 0 Å².